The Morgan fingerprint density at radius 3 is 1.68 bits per heavy atom. The van der Waals surface area contributed by atoms with E-state index in [4.69, 9.17) is 28.3 Å². The van der Waals surface area contributed by atoms with E-state index in [-0.39, 0.29) is 72.7 Å². The summed E-state index contributed by atoms with van der Waals surface area (Å²) in [6.45, 7) is 8.27. The van der Waals surface area contributed by atoms with E-state index in [0.29, 0.717) is 16.6 Å². The van der Waals surface area contributed by atoms with E-state index in [1.165, 1.54) is 0 Å². The normalized spacial score (nSPS) is 17.3. The average molecular weight is 872 g/mol. The molecule has 0 unspecified atom stereocenters. The van der Waals surface area contributed by atoms with Gasteiger partial charge in [0.2, 0.25) is 5.78 Å². The summed E-state index contributed by atoms with van der Waals surface area (Å²) in [5.74, 6) is -0.835. The molecule has 2 atom stereocenters. The highest BCUT2D eigenvalue weighted by atomic mass is 16.7. The van der Waals surface area contributed by atoms with Gasteiger partial charge in [-0.1, -0.05) is 121 Å². The molecule has 11 heteroatoms. The molecule has 1 aliphatic carbocycles. The third-order valence-corrected chi connectivity index (χ3v) is 12.3. The maximum Gasteiger partial charge on any atom is 0.494 e. The van der Waals surface area contributed by atoms with Crippen LogP contribution in [0.1, 0.15) is 106 Å². The Labute approximate surface area is 381 Å². The molecule has 10 nitrogen and oxygen atoms in total. The first-order valence-corrected chi connectivity index (χ1v) is 22.2. The fourth-order valence-electron chi connectivity index (χ4n) is 7.97. The molecule has 1 N–H and O–H groups in total. The van der Waals surface area contributed by atoms with Crippen molar-refractivity contribution in [1.82, 2.24) is 5.32 Å². The van der Waals surface area contributed by atoms with Gasteiger partial charge in [0.25, 0.3) is 5.91 Å². The average Bonchev–Trinajstić information content (AvgIpc) is 3.87. The molecule has 0 radical (unpaired) electrons. The Bertz CT molecular complexity index is 2510. The van der Waals surface area contributed by atoms with Gasteiger partial charge in [0.1, 0.15) is 36.9 Å². The van der Waals surface area contributed by atoms with Crippen LogP contribution in [0.15, 0.2) is 152 Å². The Morgan fingerprint density at radius 2 is 1.12 bits per heavy atom. The molecule has 65 heavy (non-hydrogen) atoms. The first-order valence-electron chi connectivity index (χ1n) is 22.2. The van der Waals surface area contributed by atoms with Crippen molar-refractivity contribution in [2.24, 2.45) is 0 Å². The number of carbonyl (C=O) groups excluding carboxylic acids is 3. The Balaban J connectivity index is 1.17. The molecule has 0 aromatic heterocycles. The van der Waals surface area contributed by atoms with Crippen molar-refractivity contribution in [3.05, 3.63) is 196 Å². The van der Waals surface area contributed by atoms with Gasteiger partial charge in [0.15, 0.2) is 0 Å². The molecule has 2 fully saturated rings. The lowest BCUT2D eigenvalue weighted by molar-refractivity contribution is 0.00578. The number of amides is 1. The lowest BCUT2D eigenvalue weighted by atomic mass is 9.77. The fraction of sp³-hybridized carbons (Fsp3) is 0.278. The first-order chi connectivity index (χ1) is 31.4. The topological polar surface area (TPSA) is 119 Å². The monoisotopic (exact) mass is 871 g/mol. The second-order valence-corrected chi connectivity index (χ2v) is 17.5. The zero-order chi connectivity index (χ0) is 45.4. The lowest BCUT2D eigenvalue weighted by Crippen LogP contribution is -2.41. The minimum atomic E-state index is -0.801. The van der Waals surface area contributed by atoms with Crippen molar-refractivity contribution in [3.8, 4) is 11.5 Å². The van der Waals surface area contributed by atoms with Crippen molar-refractivity contribution >= 4 is 30.2 Å². The number of ketones is 1. The lowest BCUT2D eigenvalue weighted by Gasteiger charge is -2.32. The summed E-state index contributed by atoms with van der Waals surface area (Å²) in [6, 6.07) is 46.2. The van der Waals surface area contributed by atoms with E-state index in [1.54, 1.807) is 42.5 Å². The number of carbonyl (C=O) groups is 3. The van der Waals surface area contributed by atoms with Crippen LogP contribution in [0.4, 0.5) is 0 Å². The van der Waals surface area contributed by atoms with E-state index in [2.05, 4.69) is 5.32 Å². The highest BCUT2D eigenvalue weighted by Crippen LogP contribution is 2.38. The van der Waals surface area contributed by atoms with Gasteiger partial charge in [-0.3, -0.25) is 9.59 Å². The van der Waals surface area contributed by atoms with E-state index in [1.807, 2.05) is 137 Å². The number of hydrogen-bond donors (Lipinski definition) is 1. The fourth-order valence-corrected chi connectivity index (χ4v) is 7.97. The summed E-state index contributed by atoms with van der Waals surface area (Å²) < 4.78 is 38.4. The van der Waals surface area contributed by atoms with E-state index < -0.39 is 30.1 Å². The van der Waals surface area contributed by atoms with Gasteiger partial charge >= 0.3 is 13.1 Å². The Kier molecular flexibility index (Phi) is 13.9. The molecule has 0 bridgehead atoms. The predicted octanol–water partition coefficient (Wildman–Crippen LogP) is 9.60. The van der Waals surface area contributed by atoms with Crippen LogP contribution in [0.25, 0.3) is 0 Å². The number of esters is 1. The third kappa shape index (κ3) is 10.9. The zero-order valence-electron chi connectivity index (χ0n) is 37.3. The van der Waals surface area contributed by atoms with Crippen LogP contribution >= 0.6 is 0 Å². The van der Waals surface area contributed by atoms with Crippen LogP contribution in [0.2, 0.25) is 0 Å². The van der Waals surface area contributed by atoms with Crippen LogP contribution in [0.5, 0.6) is 11.5 Å². The van der Waals surface area contributed by atoms with E-state index >= 15 is 4.79 Å². The molecular formula is C54H54BNO9. The van der Waals surface area contributed by atoms with Crippen molar-refractivity contribution in [2.45, 2.75) is 96.7 Å². The van der Waals surface area contributed by atoms with Crippen molar-refractivity contribution in [1.29, 1.82) is 0 Å². The molecular weight excluding hydrogens is 817 g/mol. The second kappa shape index (κ2) is 20.1. The SMILES string of the molecule is CC1(C)OB(c2ccc(C(=O)c3c(OCc4ccccc4)cc(CO[C@@H]4CCC[C@H]4NC(=O)c4ccccc4)cc3OCc3ccccc3)c(C(=O)OCc3ccccc3)c2)OC1(C)C. The van der Waals surface area contributed by atoms with Gasteiger partial charge in [-0.05, 0) is 105 Å². The number of rotatable bonds is 17. The van der Waals surface area contributed by atoms with Gasteiger partial charge in [-0.15, -0.1) is 0 Å². The summed E-state index contributed by atoms with van der Waals surface area (Å²) in [7, 11) is -0.801. The van der Waals surface area contributed by atoms with Crippen molar-refractivity contribution in [3.63, 3.8) is 0 Å². The van der Waals surface area contributed by atoms with E-state index in [0.717, 1.165) is 36.0 Å². The van der Waals surface area contributed by atoms with Crippen LogP contribution in [-0.2, 0) is 45.2 Å². The van der Waals surface area contributed by atoms with Gasteiger partial charge in [0.05, 0.1) is 35.5 Å². The second-order valence-electron chi connectivity index (χ2n) is 17.5. The Hall–Kier alpha value is -6.53. The first kappa shape index (κ1) is 45.1. The van der Waals surface area contributed by atoms with Crippen LogP contribution < -0.4 is 20.3 Å². The molecule has 1 heterocycles. The molecule has 1 aliphatic heterocycles. The van der Waals surface area contributed by atoms with Crippen LogP contribution in [-0.4, -0.2) is 48.1 Å². The molecule has 0 spiro atoms. The summed E-state index contributed by atoms with van der Waals surface area (Å²) in [5, 5.41) is 3.17. The number of benzene rings is 6. The minimum absolute atomic E-state index is 0.00260. The summed E-state index contributed by atoms with van der Waals surface area (Å²) in [4.78, 5) is 42.8. The smallest absolute Gasteiger partial charge is 0.488 e. The molecule has 1 saturated carbocycles. The number of nitrogens with one attached hydrogen (secondary N) is 1. The molecule has 1 saturated heterocycles. The largest absolute Gasteiger partial charge is 0.494 e. The quantitative estimate of drug-likeness (QED) is 0.0543. The highest BCUT2D eigenvalue weighted by molar-refractivity contribution is 6.62. The molecule has 1 amide bonds. The maximum absolute atomic E-state index is 15.4. The summed E-state index contributed by atoms with van der Waals surface area (Å²) >= 11 is 0. The van der Waals surface area contributed by atoms with Crippen molar-refractivity contribution < 1.29 is 42.6 Å². The standard InChI is InChI=1S/C54H54BNO9/c1-53(2)54(3,4)65-55(64-53)42-28-29-43(44(32-42)52(59)63-35-39-22-13-7-14-23-39)50(57)49-47(61-33-37-18-9-5-10-19-37)30-40(31-48(49)62-34-38-20-11-6-12-21-38)36-60-46-27-17-26-45(46)56-51(58)41-24-15-8-16-25-41/h5-16,18-25,28-32,45-46H,17,26-27,33-36H2,1-4H3,(H,56,58)/t45-,46-/m1/s1. The molecule has 332 valence electrons. The number of hydrogen-bond acceptors (Lipinski definition) is 9. The van der Waals surface area contributed by atoms with E-state index in [9.17, 15) is 9.59 Å². The zero-order valence-corrected chi connectivity index (χ0v) is 37.3. The van der Waals surface area contributed by atoms with Crippen LogP contribution in [0.3, 0.4) is 0 Å². The minimum Gasteiger partial charge on any atom is -0.488 e. The van der Waals surface area contributed by atoms with Crippen molar-refractivity contribution in [2.75, 3.05) is 0 Å². The van der Waals surface area contributed by atoms with Crippen LogP contribution in [0, 0.1) is 0 Å². The van der Waals surface area contributed by atoms with Gasteiger partial charge in [-0.2, -0.15) is 0 Å². The molecule has 6 aromatic carbocycles. The van der Waals surface area contributed by atoms with Gasteiger partial charge < -0.3 is 33.6 Å². The van der Waals surface area contributed by atoms with Gasteiger partial charge in [0, 0.05) is 11.1 Å². The molecule has 8 rings (SSSR count). The molecule has 2 aliphatic rings. The predicted molar refractivity (Wildman–Crippen MR) is 249 cm³/mol. The maximum atomic E-state index is 15.4. The third-order valence-electron chi connectivity index (χ3n) is 12.3. The summed E-state index contributed by atoms with van der Waals surface area (Å²) in [5.41, 5.74) is 3.40. The highest BCUT2D eigenvalue weighted by Gasteiger charge is 2.52. The summed E-state index contributed by atoms with van der Waals surface area (Å²) in [6.07, 6.45) is 2.23. The van der Waals surface area contributed by atoms with Gasteiger partial charge in [-0.25, -0.2) is 4.79 Å². The number of ether oxygens (including phenoxy) is 4. The molecule has 6 aromatic rings. The Morgan fingerprint density at radius 1 is 0.600 bits per heavy atom.